The van der Waals surface area contributed by atoms with Gasteiger partial charge in [-0.25, -0.2) is 0 Å². The maximum atomic E-state index is 9.31. The Morgan fingerprint density at radius 1 is 1.05 bits per heavy atom. The second-order valence-electron chi connectivity index (χ2n) is 4.99. The third-order valence-electron chi connectivity index (χ3n) is 3.50. The van der Waals surface area contributed by atoms with Crippen molar-refractivity contribution in [1.82, 2.24) is 0 Å². The molecule has 0 heterocycles. The summed E-state index contributed by atoms with van der Waals surface area (Å²) >= 11 is 0. The monoisotopic (exact) mass is 271 g/mol. The van der Waals surface area contributed by atoms with E-state index in [1.165, 1.54) is 11.1 Å². The van der Waals surface area contributed by atoms with Gasteiger partial charge in [0, 0.05) is 0 Å². The number of hydrogen-bond donors (Lipinski definition) is 2. The van der Waals surface area contributed by atoms with Gasteiger partial charge >= 0.3 is 0 Å². The highest BCUT2D eigenvalue weighted by Gasteiger charge is 2.12. The molecule has 3 N–H and O–H groups in total. The number of ether oxygens (including phenoxy) is 1. The van der Waals surface area contributed by atoms with Gasteiger partial charge in [-0.3, -0.25) is 0 Å². The van der Waals surface area contributed by atoms with Crippen LogP contribution in [0, 0.1) is 5.92 Å². The Labute approximate surface area is 120 Å². The molecule has 0 saturated carbocycles. The largest absolute Gasteiger partial charge is 0.508 e. The van der Waals surface area contributed by atoms with Crippen molar-refractivity contribution in [3.05, 3.63) is 59.7 Å². The molecule has 106 valence electrons. The lowest BCUT2D eigenvalue weighted by Gasteiger charge is -2.17. The molecule has 0 saturated heterocycles. The first kappa shape index (κ1) is 14.4. The molecule has 0 fully saturated rings. The molecule has 0 bridgehead atoms. The highest BCUT2D eigenvalue weighted by Crippen LogP contribution is 2.23. The summed E-state index contributed by atoms with van der Waals surface area (Å²) in [7, 11) is 1.69. The molecular weight excluding hydrogens is 250 g/mol. The Balaban J connectivity index is 2.07. The first-order valence-electron chi connectivity index (χ1n) is 6.82. The van der Waals surface area contributed by atoms with E-state index in [-0.39, 0.29) is 0 Å². The van der Waals surface area contributed by atoms with Crippen LogP contribution >= 0.6 is 0 Å². The van der Waals surface area contributed by atoms with Crippen molar-refractivity contribution in [3.8, 4) is 11.5 Å². The van der Waals surface area contributed by atoms with Crippen LogP contribution in [0.15, 0.2) is 48.5 Å². The molecule has 2 aromatic carbocycles. The first-order chi connectivity index (χ1) is 9.72. The summed E-state index contributed by atoms with van der Waals surface area (Å²) in [5, 5.41) is 9.31. The Hall–Kier alpha value is -2.00. The van der Waals surface area contributed by atoms with E-state index in [2.05, 4.69) is 6.07 Å². The standard InChI is InChI=1S/C17H21NO2/c1-20-17-5-3-2-4-15(17)11-14(12-18)10-13-6-8-16(19)9-7-13/h2-9,14,19H,10-12,18H2,1H3. The molecule has 0 spiro atoms. The minimum Gasteiger partial charge on any atom is -0.508 e. The number of rotatable bonds is 6. The minimum absolute atomic E-state index is 0.294. The van der Waals surface area contributed by atoms with E-state index >= 15 is 0 Å². The van der Waals surface area contributed by atoms with Gasteiger partial charge in [-0.1, -0.05) is 30.3 Å². The smallest absolute Gasteiger partial charge is 0.122 e. The van der Waals surface area contributed by atoms with Crippen LogP contribution in [-0.4, -0.2) is 18.8 Å². The summed E-state index contributed by atoms with van der Waals surface area (Å²) in [6.07, 6.45) is 1.79. The number of phenolic OH excluding ortho intramolecular Hbond substituents is 1. The fourth-order valence-electron chi connectivity index (χ4n) is 2.39. The summed E-state index contributed by atoms with van der Waals surface area (Å²) in [5.74, 6) is 1.57. The predicted octanol–water partition coefficient (Wildman–Crippen LogP) is 2.76. The molecule has 20 heavy (non-hydrogen) atoms. The second kappa shape index (κ2) is 6.96. The molecule has 0 aromatic heterocycles. The number of methoxy groups -OCH3 is 1. The quantitative estimate of drug-likeness (QED) is 0.849. The van der Waals surface area contributed by atoms with Crippen molar-refractivity contribution in [2.45, 2.75) is 12.8 Å². The van der Waals surface area contributed by atoms with E-state index in [9.17, 15) is 5.11 Å². The van der Waals surface area contributed by atoms with Crippen LogP contribution in [0.1, 0.15) is 11.1 Å². The summed E-state index contributed by atoms with van der Waals surface area (Å²) < 4.78 is 5.38. The van der Waals surface area contributed by atoms with E-state index < -0.39 is 0 Å². The average Bonchev–Trinajstić information content (AvgIpc) is 2.49. The lowest BCUT2D eigenvalue weighted by Crippen LogP contribution is -2.19. The van der Waals surface area contributed by atoms with E-state index in [0.717, 1.165) is 18.6 Å². The number of phenols is 1. The Morgan fingerprint density at radius 2 is 1.75 bits per heavy atom. The maximum absolute atomic E-state index is 9.31. The highest BCUT2D eigenvalue weighted by molar-refractivity contribution is 5.34. The molecule has 3 nitrogen and oxygen atoms in total. The summed E-state index contributed by atoms with van der Waals surface area (Å²) in [6, 6.07) is 15.4. The fourth-order valence-corrected chi connectivity index (χ4v) is 2.39. The molecule has 0 aliphatic rings. The lowest BCUT2D eigenvalue weighted by atomic mass is 9.92. The molecule has 1 atom stereocenters. The van der Waals surface area contributed by atoms with Gasteiger partial charge in [-0.15, -0.1) is 0 Å². The van der Waals surface area contributed by atoms with Crippen LogP contribution in [0.4, 0.5) is 0 Å². The number of nitrogens with two attached hydrogens (primary N) is 1. The topological polar surface area (TPSA) is 55.5 Å². The van der Waals surface area contributed by atoms with Gasteiger partial charge in [0.15, 0.2) is 0 Å². The molecular formula is C17H21NO2. The van der Waals surface area contributed by atoms with Gasteiger partial charge in [-0.2, -0.15) is 0 Å². The van der Waals surface area contributed by atoms with Crippen molar-refractivity contribution < 1.29 is 9.84 Å². The zero-order valence-corrected chi connectivity index (χ0v) is 11.8. The van der Waals surface area contributed by atoms with Gasteiger partial charge in [0.25, 0.3) is 0 Å². The normalized spacial score (nSPS) is 12.1. The number of hydrogen-bond acceptors (Lipinski definition) is 3. The van der Waals surface area contributed by atoms with Crippen molar-refractivity contribution in [1.29, 1.82) is 0 Å². The molecule has 0 aliphatic carbocycles. The summed E-state index contributed by atoms with van der Waals surface area (Å²) in [4.78, 5) is 0. The van der Waals surface area contributed by atoms with Crippen LogP contribution in [-0.2, 0) is 12.8 Å². The van der Waals surface area contributed by atoms with E-state index in [4.69, 9.17) is 10.5 Å². The van der Waals surface area contributed by atoms with Crippen molar-refractivity contribution >= 4 is 0 Å². The first-order valence-corrected chi connectivity index (χ1v) is 6.82. The molecule has 2 rings (SSSR count). The van der Waals surface area contributed by atoms with Gasteiger partial charge in [0.1, 0.15) is 11.5 Å². The third kappa shape index (κ3) is 3.75. The van der Waals surface area contributed by atoms with Crippen LogP contribution in [0.25, 0.3) is 0 Å². The van der Waals surface area contributed by atoms with Gasteiger partial charge in [0.05, 0.1) is 7.11 Å². The molecule has 0 amide bonds. The van der Waals surface area contributed by atoms with Crippen LogP contribution in [0.5, 0.6) is 11.5 Å². The molecule has 0 aliphatic heterocycles. The SMILES string of the molecule is COc1ccccc1CC(CN)Cc1ccc(O)cc1. The summed E-state index contributed by atoms with van der Waals surface area (Å²) in [6.45, 7) is 0.624. The number of para-hydroxylation sites is 1. The Kier molecular flexibility index (Phi) is 5.02. The maximum Gasteiger partial charge on any atom is 0.122 e. The zero-order valence-electron chi connectivity index (χ0n) is 11.8. The molecule has 3 heteroatoms. The summed E-state index contributed by atoms with van der Waals surface area (Å²) in [5.41, 5.74) is 8.27. The van der Waals surface area contributed by atoms with E-state index in [1.807, 2.05) is 30.3 Å². The fraction of sp³-hybridized carbons (Fsp3) is 0.294. The number of benzene rings is 2. The minimum atomic E-state index is 0.294. The van der Waals surface area contributed by atoms with Crippen molar-refractivity contribution in [3.63, 3.8) is 0 Å². The Bertz CT molecular complexity index is 537. The van der Waals surface area contributed by atoms with Crippen LogP contribution in [0.2, 0.25) is 0 Å². The second-order valence-corrected chi connectivity index (χ2v) is 4.99. The van der Waals surface area contributed by atoms with Gasteiger partial charge in [0.2, 0.25) is 0 Å². The molecule has 1 unspecified atom stereocenters. The average molecular weight is 271 g/mol. The van der Waals surface area contributed by atoms with Crippen molar-refractivity contribution in [2.75, 3.05) is 13.7 Å². The van der Waals surface area contributed by atoms with Gasteiger partial charge < -0.3 is 15.6 Å². The third-order valence-corrected chi connectivity index (χ3v) is 3.50. The molecule has 0 radical (unpaired) electrons. The van der Waals surface area contributed by atoms with Crippen LogP contribution < -0.4 is 10.5 Å². The molecule has 2 aromatic rings. The predicted molar refractivity (Wildman–Crippen MR) is 81.1 cm³/mol. The highest BCUT2D eigenvalue weighted by atomic mass is 16.5. The number of aromatic hydroxyl groups is 1. The van der Waals surface area contributed by atoms with E-state index in [1.54, 1.807) is 19.2 Å². The Morgan fingerprint density at radius 3 is 2.40 bits per heavy atom. The lowest BCUT2D eigenvalue weighted by molar-refractivity contribution is 0.404. The van der Waals surface area contributed by atoms with E-state index in [0.29, 0.717) is 18.2 Å². The van der Waals surface area contributed by atoms with Crippen LogP contribution in [0.3, 0.4) is 0 Å². The van der Waals surface area contributed by atoms with Gasteiger partial charge in [-0.05, 0) is 54.6 Å². The van der Waals surface area contributed by atoms with Crippen molar-refractivity contribution in [2.24, 2.45) is 11.7 Å². The zero-order chi connectivity index (χ0) is 14.4.